The Morgan fingerprint density at radius 3 is 2.60 bits per heavy atom. The third kappa shape index (κ3) is 4.31. The second-order valence-electron chi connectivity index (χ2n) is 6.88. The summed E-state index contributed by atoms with van der Waals surface area (Å²) < 4.78 is 0. The normalized spacial score (nSPS) is 13.4. The Kier molecular flexibility index (Phi) is 6.01. The summed E-state index contributed by atoms with van der Waals surface area (Å²) in [5.41, 5.74) is 2.51. The minimum absolute atomic E-state index is 0.0433. The predicted molar refractivity (Wildman–Crippen MR) is 122 cm³/mol. The number of anilines is 2. The average Bonchev–Trinajstić information content (AvgIpc) is 3.46. The summed E-state index contributed by atoms with van der Waals surface area (Å²) in [5.74, 6) is -0.412. The van der Waals surface area contributed by atoms with Crippen molar-refractivity contribution in [2.75, 3.05) is 29.6 Å². The maximum Gasteiger partial charge on any atom is 0.293 e. The zero-order chi connectivity index (χ0) is 21.1. The van der Waals surface area contributed by atoms with Crippen LogP contribution in [0.25, 0.3) is 11.3 Å². The molecule has 2 heterocycles. The largest absolute Gasteiger partial charge is 0.366 e. The molecule has 0 atom stereocenters. The molecule has 154 valence electrons. The van der Waals surface area contributed by atoms with Crippen molar-refractivity contribution >= 4 is 45.5 Å². The first-order chi connectivity index (χ1) is 14.5. The van der Waals surface area contributed by atoms with Crippen molar-refractivity contribution in [3.8, 4) is 11.3 Å². The van der Waals surface area contributed by atoms with E-state index in [1.807, 2.05) is 40.8 Å². The third-order valence-corrected chi connectivity index (χ3v) is 6.49. The molecular weight excluding hydrogens is 420 g/mol. The molecule has 1 aliphatic heterocycles. The number of carbonyl (C=O) groups is 1. The van der Waals surface area contributed by atoms with Gasteiger partial charge < -0.3 is 4.90 Å². The molecule has 0 unspecified atom stereocenters. The molecule has 0 aliphatic carbocycles. The Morgan fingerprint density at radius 2 is 1.93 bits per heavy atom. The van der Waals surface area contributed by atoms with Crippen LogP contribution in [-0.4, -0.2) is 35.2 Å². The van der Waals surface area contributed by atoms with Gasteiger partial charge in [0.05, 0.1) is 10.6 Å². The van der Waals surface area contributed by atoms with E-state index in [9.17, 15) is 14.9 Å². The maximum atomic E-state index is 12.7. The molecule has 1 N–H and O–H groups in total. The first kappa shape index (κ1) is 20.4. The molecular formula is C21H20N4O3S2. The van der Waals surface area contributed by atoms with Crippen molar-refractivity contribution in [3.05, 3.63) is 63.5 Å². The number of rotatable bonds is 6. The first-order valence-corrected chi connectivity index (χ1v) is 11.6. The van der Waals surface area contributed by atoms with E-state index < -0.39 is 10.8 Å². The van der Waals surface area contributed by atoms with Gasteiger partial charge in [-0.25, -0.2) is 4.98 Å². The Labute approximate surface area is 182 Å². The van der Waals surface area contributed by atoms with E-state index >= 15 is 0 Å². The van der Waals surface area contributed by atoms with Gasteiger partial charge in [0.1, 0.15) is 5.69 Å². The third-order valence-electron chi connectivity index (χ3n) is 4.99. The van der Waals surface area contributed by atoms with Crippen molar-refractivity contribution in [1.29, 1.82) is 0 Å². The summed E-state index contributed by atoms with van der Waals surface area (Å²) >= 11 is 2.99. The van der Waals surface area contributed by atoms with Crippen LogP contribution < -0.4 is 10.2 Å². The number of hydrogen-bond donors (Lipinski definition) is 1. The molecule has 0 radical (unpaired) electrons. The molecule has 7 nitrogen and oxygen atoms in total. The Morgan fingerprint density at radius 1 is 1.20 bits per heavy atom. The number of aromatic nitrogens is 1. The summed E-state index contributed by atoms with van der Waals surface area (Å²) in [7, 11) is 0. The summed E-state index contributed by atoms with van der Waals surface area (Å²) in [6.07, 6.45) is 4.06. The van der Waals surface area contributed by atoms with Crippen molar-refractivity contribution in [2.24, 2.45) is 0 Å². The van der Waals surface area contributed by atoms with E-state index in [0.717, 1.165) is 37.2 Å². The number of amides is 1. The molecule has 1 aromatic heterocycles. The fraction of sp³-hybridized carbons (Fsp3) is 0.238. The minimum atomic E-state index is -0.426. The fourth-order valence-corrected chi connectivity index (χ4v) is 4.55. The lowest BCUT2D eigenvalue weighted by atomic mass is 10.1. The highest BCUT2D eigenvalue weighted by Gasteiger charge is 2.24. The molecule has 3 aromatic rings. The monoisotopic (exact) mass is 440 g/mol. The van der Waals surface area contributed by atoms with Gasteiger partial charge in [0.2, 0.25) is 0 Å². The van der Waals surface area contributed by atoms with Crippen LogP contribution in [0.1, 0.15) is 23.2 Å². The van der Waals surface area contributed by atoms with Crippen molar-refractivity contribution in [2.45, 2.75) is 17.7 Å². The van der Waals surface area contributed by atoms with Crippen molar-refractivity contribution in [3.63, 3.8) is 0 Å². The van der Waals surface area contributed by atoms with Crippen LogP contribution in [0.15, 0.2) is 52.7 Å². The van der Waals surface area contributed by atoms with E-state index in [1.54, 1.807) is 23.9 Å². The van der Waals surface area contributed by atoms with Gasteiger partial charge in [-0.1, -0.05) is 12.1 Å². The second-order valence-corrected chi connectivity index (χ2v) is 8.61. The fourth-order valence-electron chi connectivity index (χ4n) is 3.43. The van der Waals surface area contributed by atoms with E-state index in [4.69, 9.17) is 0 Å². The number of thioether (sulfide) groups is 1. The average molecular weight is 441 g/mol. The lowest BCUT2D eigenvalue weighted by Crippen LogP contribution is -2.19. The smallest absolute Gasteiger partial charge is 0.293 e. The topological polar surface area (TPSA) is 88.4 Å². The second kappa shape index (κ2) is 8.85. The summed E-state index contributed by atoms with van der Waals surface area (Å²) in [4.78, 5) is 31.4. The van der Waals surface area contributed by atoms with Gasteiger partial charge >= 0.3 is 0 Å². The van der Waals surface area contributed by atoms with Gasteiger partial charge in [0.15, 0.2) is 5.13 Å². The number of nitrogens with zero attached hydrogens (tertiary/aromatic N) is 3. The van der Waals surface area contributed by atoms with Crippen LogP contribution in [0.5, 0.6) is 0 Å². The highest BCUT2D eigenvalue weighted by atomic mass is 32.2. The summed E-state index contributed by atoms with van der Waals surface area (Å²) in [6.45, 7) is 1.60. The van der Waals surface area contributed by atoms with E-state index in [2.05, 4.69) is 10.3 Å². The van der Waals surface area contributed by atoms with Crippen LogP contribution in [0.3, 0.4) is 0 Å². The standard InChI is InChI=1S/C21H20N4O3S2/c1-29-16-7-4-14(5-8-16)17-13-30-21(22-17)23-20(26)15-6-9-18(19(12-15)25(27)28)24-10-2-3-11-24/h4-9,12-13H,2-3,10-11H2,1H3,(H,22,23,26). The molecule has 30 heavy (non-hydrogen) atoms. The lowest BCUT2D eigenvalue weighted by Gasteiger charge is -2.17. The molecule has 1 saturated heterocycles. The zero-order valence-electron chi connectivity index (χ0n) is 16.3. The van der Waals surface area contributed by atoms with Crippen molar-refractivity contribution < 1.29 is 9.72 Å². The van der Waals surface area contributed by atoms with E-state index in [-0.39, 0.29) is 11.3 Å². The van der Waals surface area contributed by atoms with Crippen LogP contribution in [0.2, 0.25) is 0 Å². The molecule has 0 spiro atoms. The number of hydrogen-bond acceptors (Lipinski definition) is 7. The van der Waals surface area contributed by atoms with Crippen LogP contribution >= 0.6 is 23.1 Å². The number of nitro benzene ring substituents is 1. The zero-order valence-corrected chi connectivity index (χ0v) is 18.0. The molecule has 2 aromatic carbocycles. The number of carbonyl (C=O) groups excluding carboxylic acids is 1. The molecule has 4 rings (SSSR count). The van der Waals surface area contributed by atoms with Gasteiger partial charge in [-0.3, -0.25) is 20.2 Å². The Balaban J connectivity index is 1.51. The van der Waals surface area contributed by atoms with Crippen LogP contribution in [-0.2, 0) is 0 Å². The van der Waals surface area contributed by atoms with E-state index in [1.165, 1.54) is 22.3 Å². The molecule has 1 fully saturated rings. The minimum Gasteiger partial charge on any atom is -0.366 e. The van der Waals surface area contributed by atoms with Gasteiger partial charge in [-0.05, 0) is 43.4 Å². The first-order valence-electron chi connectivity index (χ1n) is 9.50. The lowest BCUT2D eigenvalue weighted by molar-refractivity contribution is -0.384. The SMILES string of the molecule is CSc1ccc(-c2csc(NC(=O)c3ccc(N4CCCC4)c([N+](=O)[O-])c3)n2)cc1. The van der Waals surface area contributed by atoms with Gasteiger partial charge in [0.25, 0.3) is 11.6 Å². The van der Waals surface area contributed by atoms with E-state index in [0.29, 0.717) is 10.8 Å². The molecule has 1 aliphatic rings. The highest BCUT2D eigenvalue weighted by Crippen LogP contribution is 2.32. The van der Waals surface area contributed by atoms with Gasteiger partial charge in [-0.15, -0.1) is 23.1 Å². The number of thiazole rings is 1. The predicted octanol–water partition coefficient (Wildman–Crippen LogP) is 5.29. The summed E-state index contributed by atoms with van der Waals surface area (Å²) in [6, 6.07) is 12.7. The quantitative estimate of drug-likeness (QED) is 0.318. The van der Waals surface area contributed by atoms with Gasteiger partial charge in [0, 0.05) is 40.6 Å². The molecule has 0 bridgehead atoms. The number of benzene rings is 2. The molecule has 1 amide bonds. The van der Waals surface area contributed by atoms with Gasteiger partial charge in [-0.2, -0.15) is 0 Å². The van der Waals surface area contributed by atoms with Crippen LogP contribution in [0.4, 0.5) is 16.5 Å². The molecule has 0 saturated carbocycles. The summed E-state index contributed by atoms with van der Waals surface area (Å²) in [5, 5.41) is 16.6. The Bertz CT molecular complexity index is 1080. The number of nitrogens with one attached hydrogen (secondary N) is 1. The highest BCUT2D eigenvalue weighted by molar-refractivity contribution is 7.98. The maximum absolute atomic E-state index is 12.7. The van der Waals surface area contributed by atoms with Crippen molar-refractivity contribution in [1.82, 2.24) is 4.98 Å². The molecule has 9 heteroatoms. The Hall–Kier alpha value is -2.91. The van der Waals surface area contributed by atoms with Crippen LogP contribution in [0, 0.1) is 10.1 Å². The number of nitro groups is 1.